The maximum absolute atomic E-state index is 12.4. The van der Waals surface area contributed by atoms with Crippen molar-refractivity contribution in [1.29, 1.82) is 0 Å². The Kier molecular flexibility index (Phi) is 3.28. The predicted octanol–water partition coefficient (Wildman–Crippen LogP) is 0.556. The van der Waals surface area contributed by atoms with E-state index in [2.05, 4.69) is 0 Å². The number of carbonyl (C=O) groups excluding carboxylic acids is 2. The Morgan fingerprint density at radius 3 is 3.00 bits per heavy atom. The molecule has 1 aromatic rings. The summed E-state index contributed by atoms with van der Waals surface area (Å²) in [5.74, 6) is 0.0688. The topological polar surface area (TPSA) is 60.9 Å². The average molecular weight is 280 g/mol. The zero-order valence-electron chi connectivity index (χ0n) is 10.5. The largest absolute Gasteiger partial charge is 0.395 e. The monoisotopic (exact) mass is 280 g/mol. The van der Waals surface area contributed by atoms with Crippen LogP contribution in [-0.4, -0.2) is 58.5 Å². The number of aliphatic hydroxyl groups excluding tert-OH is 1. The summed E-state index contributed by atoms with van der Waals surface area (Å²) in [4.78, 5) is 27.8. The van der Waals surface area contributed by atoms with Gasteiger partial charge in [0.2, 0.25) is 5.91 Å². The van der Waals surface area contributed by atoms with Crippen molar-refractivity contribution in [3.63, 3.8) is 0 Å². The maximum Gasteiger partial charge on any atom is 0.255 e. The second kappa shape index (κ2) is 4.94. The van der Waals surface area contributed by atoms with Crippen LogP contribution >= 0.6 is 11.3 Å². The van der Waals surface area contributed by atoms with Gasteiger partial charge in [0, 0.05) is 24.9 Å². The molecule has 0 radical (unpaired) electrons. The molecule has 0 aromatic carbocycles. The minimum Gasteiger partial charge on any atom is -0.395 e. The van der Waals surface area contributed by atoms with Gasteiger partial charge in [-0.3, -0.25) is 9.59 Å². The lowest BCUT2D eigenvalue weighted by atomic mass is 10.1. The molecule has 102 valence electrons. The number of rotatable bonds is 3. The number of thiophene rings is 1. The third-order valence-corrected chi connectivity index (χ3v) is 4.67. The first kappa shape index (κ1) is 12.6. The number of hydrogen-bond donors (Lipinski definition) is 1. The highest BCUT2D eigenvalue weighted by molar-refractivity contribution is 7.08. The number of amides is 2. The molecule has 6 heteroatoms. The highest BCUT2D eigenvalue weighted by atomic mass is 32.1. The molecule has 5 nitrogen and oxygen atoms in total. The van der Waals surface area contributed by atoms with Crippen molar-refractivity contribution in [2.24, 2.45) is 0 Å². The van der Waals surface area contributed by atoms with E-state index in [0.717, 1.165) is 6.42 Å². The second-order valence-electron chi connectivity index (χ2n) is 4.95. The van der Waals surface area contributed by atoms with Crippen molar-refractivity contribution < 1.29 is 14.7 Å². The van der Waals surface area contributed by atoms with Crippen molar-refractivity contribution in [1.82, 2.24) is 9.80 Å². The molecule has 3 heterocycles. The van der Waals surface area contributed by atoms with E-state index in [1.165, 1.54) is 11.3 Å². The Labute approximate surface area is 115 Å². The minimum atomic E-state index is -0.0218. The summed E-state index contributed by atoms with van der Waals surface area (Å²) in [5, 5.41) is 12.7. The zero-order valence-corrected chi connectivity index (χ0v) is 11.3. The summed E-state index contributed by atoms with van der Waals surface area (Å²) in [5.41, 5.74) is 0.707. The maximum atomic E-state index is 12.4. The number of β-amino-alcohol motifs (C(OH)–C–C–N with tert-alkyl or cyclic N) is 1. The predicted molar refractivity (Wildman–Crippen MR) is 71.0 cm³/mol. The molecule has 0 aliphatic carbocycles. The number of fused-ring (bicyclic) bond motifs is 1. The lowest BCUT2D eigenvalue weighted by molar-refractivity contribution is -0.129. The van der Waals surface area contributed by atoms with Gasteiger partial charge in [-0.05, 0) is 17.9 Å². The molecule has 3 rings (SSSR count). The standard InChI is InChI=1S/C13H16N2O3S/c16-5-4-14-10-1-3-15(11(10)7-12(14)17)13(18)9-2-6-19-8-9/h2,6,8,10-11,16H,1,3-5,7H2/t10-,11-/m0/s1. The Morgan fingerprint density at radius 2 is 2.32 bits per heavy atom. The van der Waals surface area contributed by atoms with Crippen LogP contribution in [0.25, 0.3) is 0 Å². The summed E-state index contributed by atoms with van der Waals surface area (Å²) in [6.07, 6.45) is 1.20. The average Bonchev–Trinajstić information content (AvgIpc) is 3.08. The quantitative estimate of drug-likeness (QED) is 0.880. The molecule has 2 saturated heterocycles. The van der Waals surface area contributed by atoms with E-state index >= 15 is 0 Å². The summed E-state index contributed by atoms with van der Waals surface area (Å²) >= 11 is 1.50. The van der Waals surface area contributed by atoms with Crippen molar-refractivity contribution in [3.05, 3.63) is 22.4 Å². The van der Waals surface area contributed by atoms with Crippen LogP contribution in [0.2, 0.25) is 0 Å². The number of carbonyl (C=O) groups is 2. The second-order valence-corrected chi connectivity index (χ2v) is 5.73. The molecule has 0 unspecified atom stereocenters. The molecular formula is C13H16N2O3S. The van der Waals surface area contributed by atoms with Gasteiger partial charge in [-0.1, -0.05) is 0 Å². The molecular weight excluding hydrogens is 264 g/mol. The first-order valence-corrected chi connectivity index (χ1v) is 7.40. The van der Waals surface area contributed by atoms with E-state index in [1.807, 2.05) is 21.7 Å². The van der Waals surface area contributed by atoms with E-state index in [1.54, 1.807) is 4.90 Å². The van der Waals surface area contributed by atoms with Crippen molar-refractivity contribution in [3.8, 4) is 0 Å². The minimum absolute atomic E-state index is 0.0204. The Hall–Kier alpha value is -1.40. The van der Waals surface area contributed by atoms with E-state index in [0.29, 0.717) is 25.1 Å². The Balaban J connectivity index is 1.77. The van der Waals surface area contributed by atoms with Gasteiger partial charge in [0.25, 0.3) is 5.91 Å². The van der Waals surface area contributed by atoms with Crippen LogP contribution in [0.4, 0.5) is 0 Å². The highest BCUT2D eigenvalue weighted by Gasteiger charge is 2.48. The van der Waals surface area contributed by atoms with E-state index in [-0.39, 0.29) is 30.5 Å². The fourth-order valence-corrected chi connectivity index (χ4v) is 3.76. The van der Waals surface area contributed by atoms with Gasteiger partial charge in [0.15, 0.2) is 0 Å². The van der Waals surface area contributed by atoms with Crippen LogP contribution in [-0.2, 0) is 4.79 Å². The van der Waals surface area contributed by atoms with Crippen LogP contribution in [0, 0.1) is 0 Å². The van der Waals surface area contributed by atoms with Crippen LogP contribution in [0.1, 0.15) is 23.2 Å². The highest BCUT2D eigenvalue weighted by Crippen LogP contribution is 2.33. The van der Waals surface area contributed by atoms with Gasteiger partial charge >= 0.3 is 0 Å². The Bertz CT molecular complexity index is 488. The normalized spacial score (nSPS) is 26.1. The van der Waals surface area contributed by atoms with Crippen molar-refractivity contribution in [2.45, 2.75) is 24.9 Å². The summed E-state index contributed by atoms with van der Waals surface area (Å²) in [6.45, 7) is 1.05. The van der Waals surface area contributed by atoms with Crippen LogP contribution in [0.3, 0.4) is 0 Å². The number of hydrogen-bond acceptors (Lipinski definition) is 4. The van der Waals surface area contributed by atoms with E-state index < -0.39 is 0 Å². The fourth-order valence-electron chi connectivity index (χ4n) is 3.13. The van der Waals surface area contributed by atoms with Gasteiger partial charge < -0.3 is 14.9 Å². The van der Waals surface area contributed by atoms with E-state index in [4.69, 9.17) is 5.11 Å². The molecule has 0 spiro atoms. The molecule has 2 fully saturated rings. The molecule has 19 heavy (non-hydrogen) atoms. The first-order valence-electron chi connectivity index (χ1n) is 6.46. The Morgan fingerprint density at radius 1 is 1.47 bits per heavy atom. The van der Waals surface area contributed by atoms with Gasteiger partial charge in [-0.25, -0.2) is 0 Å². The van der Waals surface area contributed by atoms with Gasteiger partial charge in [0.1, 0.15) is 0 Å². The first-order chi connectivity index (χ1) is 9.22. The molecule has 2 aliphatic heterocycles. The number of likely N-dealkylation sites (tertiary alicyclic amines) is 2. The van der Waals surface area contributed by atoms with Crippen molar-refractivity contribution in [2.75, 3.05) is 19.7 Å². The molecule has 0 saturated carbocycles. The molecule has 2 amide bonds. The van der Waals surface area contributed by atoms with E-state index in [9.17, 15) is 9.59 Å². The third-order valence-electron chi connectivity index (χ3n) is 3.98. The van der Waals surface area contributed by atoms with Crippen LogP contribution in [0.5, 0.6) is 0 Å². The number of nitrogens with zero attached hydrogens (tertiary/aromatic N) is 2. The van der Waals surface area contributed by atoms with Gasteiger partial charge in [-0.15, -0.1) is 0 Å². The summed E-state index contributed by atoms with van der Waals surface area (Å²) < 4.78 is 0. The fraction of sp³-hybridized carbons (Fsp3) is 0.538. The van der Waals surface area contributed by atoms with Gasteiger partial charge in [-0.2, -0.15) is 11.3 Å². The molecule has 0 bridgehead atoms. The van der Waals surface area contributed by atoms with Crippen molar-refractivity contribution >= 4 is 23.2 Å². The van der Waals surface area contributed by atoms with Gasteiger partial charge in [0.05, 0.1) is 24.3 Å². The molecule has 2 aliphatic rings. The number of aliphatic hydroxyl groups is 1. The molecule has 1 aromatic heterocycles. The smallest absolute Gasteiger partial charge is 0.255 e. The SMILES string of the molecule is O=C1C[C@H]2[C@H](CCN2C(=O)c2ccsc2)N1CCO. The molecule has 2 atom stereocenters. The summed E-state index contributed by atoms with van der Waals surface area (Å²) in [6, 6.07) is 1.89. The summed E-state index contributed by atoms with van der Waals surface area (Å²) in [7, 11) is 0. The lowest BCUT2D eigenvalue weighted by Gasteiger charge is -2.24. The molecule has 1 N–H and O–H groups in total. The van der Waals surface area contributed by atoms with Crippen LogP contribution in [0.15, 0.2) is 16.8 Å². The van der Waals surface area contributed by atoms with Crippen LogP contribution < -0.4 is 0 Å². The zero-order chi connectivity index (χ0) is 13.4. The third kappa shape index (κ3) is 2.04. The lowest BCUT2D eigenvalue weighted by Crippen LogP contribution is -2.40.